The summed E-state index contributed by atoms with van der Waals surface area (Å²) >= 11 is 3.41. The number of likely N-dealkylation sites (N-methyl/N-ethyl adjacent to an activating group) is 1. The van der Waals surface area contributed by atoms with Gasteiger partial charge in [0.25, 0.3) is 0 Å². The van der Waals surface area contributed by atoms with Crippen LogP contribution in [0.1, 0.15) is 12.0 Å². The molecular weight excluding hydrogens is 282 g/mol. The molecule has 0 unspecified atom stereocenters. The van der Waals surface area contributed by atoms with Gasteiger partial charge in [-0.3, -0.25) is 4.79 Å². The van der Waals surface area contributed by atoms with Crippen molar-refractivity contribution in [2.75, 3.05) is 20.2 Å². The minimum Gasteiger partial charge on any atom is -0.373 e. The van der Waals surface area contributed by atoms with E-state index >= 15 is 0 Å². The summed E-state index contributed by atoms with van der Waals surface area (Å²) in [5.41, 5.74) is 1.04. The van der Waals surface area contributed by atoms with Crippen LogP contribution in [0.5, 0.6) is 0 Å². The quantitative estimate of drug-likeness (QED) is 0.781. The van der Waals surface area contributed by atoms with E-state index in [-0.39, 0.29) is 5.91 Å². The van der Waals surface area contributed by atoms with Gasteiger partial charge >= 0.3 is 0 Å². The molecule has 4 heteroatoms. The second-order valence-corrected chi connectivity index (χ2v) is 5.28. The van der Waals surface area contributed by atoms with Crippen molar-refractivity contribution in [1.82, 2.24) is 4.90 Å². The molecule has 1 heterocycles. The SMILES string of the molecule is CN(CC[C@@H]1CO1)C(=O)Cc1cccc(Br)c1. The van der Waals surface area contributed by atoms with Crippen molar-refractivity contribution in [3.8, 4) is 0 Å². The zero-order valence-corrected chi connectivity index (χ0v) is 11.4. The van der Waals surface area contributed by atoms with Crippen molar-refractivity contribution in [2.24, 2.45) is 0 Å². The first kappa shape index (κ1) is 12.6. The minimum atomic E-state index is 0.156. The van der Waals surface area contributed by atoms with Crippen molar-refractivity contribution in [3.05, 3.63) is 34.3 Å². The monoisotopic (exact) mass is 297 g/mol. The third-order valence-corrected chi connectivity index (χ3v) is 3.35. The van der Waals surface area contributed by atoms with E-state index in [2.05, 4.69) is 15.9 Å². The molecule has 17 heavy (non-hydrogen) atoms. The second-order valence-electron chi connectivity index (χ2n) is 4.37. The number of epoxide rings is 1. The fourth-order valence-corrected chi connectivity index (χ4v) is 2.10. The molecule has 1 saturated heterocycles. The molecular formula is C13H16BrNO2. The van der Waals surface area contributed by atoms with Crippen LogP contribution in [0.4, 0.5) is 0 Å². The summed E-state index contributed by atoms with van der Waals surface area (Å²) in [7, 11) is 1.85. The molecule has 0 spiro atoms. The third kappa shape index (κ3) is 4.13. The van der Waals surface area contributed by atoms with Crippen LogP contribution in [0, 0.1) is 0 Å². The predicted octanol–water partition coefficient (Wildman–Crippen LogP) is 2.24. The number of hydrogen-bond donors (Lipinski definition) is 0. The lowest BCUT2D eigenvalue weighted by molar-refractivity contribution is -0.129. The van der Waals surface area contributed by atoms with E-state index in [1.54, 1.807) is 4.90 Å². The van der Waals surface area contributed by atoms with Gasteiger partial charge in [0.05, 0.1) is 19.1 Å². The van der Waals surface area contributed by atoms with Crippen LogP contribution in [0.2, 0.25) is 0 Å². The average Bonchev–Trinajstić information content (AvgIpc) is 3.09. The predicted molar refractivity (Wildman–Crippen MR) is 69.8 cm³/mol. The third-order valence-electron chi connectivity index (χ3n) is 2.86. The number of rotatable bonds is 5. The molecule has 92 valence electrons. The highest BCUT2D eigenvalue weighted by Crippen LogP contribution is 2.15. The Kier molecular flexibility index (Phi) is 4.18. The van der Waals surface area contributed by atoms with E-state index in [0.29, 0.717) is 12.5 Å². The second kappa shape index (κ2) is 5.65. The molecule has 1 aliphatic heterocycles. The highest BCUT2D eigenvalue weighted by molar-refractivity contribution is 9.10. The van der Waals surface area contributed by atoms with Crippen molar-refractivity contribution in [2.45, 2.75) is 18.9 Å². The fraction of sp³-hybridized carbons (Fsp3) is 0.462. The van der Waals surface area contributed by atoms with Crippen LogP contribution >= 0.6 is 15.9 Å². The van der Waals surface area contributed by atoms with Gasteiger partial charge in [-0.25, -0.2) is 0 Å². The summed E-state index contributed by atoms with van der Waals surface area (Å²) in [5, 5.41) is 0. The number of nitrogens with zero attached hydrogens (tertiary/aromatic N) is 1. The van der Waals surface area contributed by atoms with Crippen LogP contribution in [0.3, 0.4) is 0 Å². The minimum absolute atomic E-state index is 0.156. The lowest BCUT2D eigenvalue weighted by atomic mass is 10.1. The highest BCUT2D eigenvalue weighted by Gasteiger charge is 2.23. The first-order valence-electron chi connectivity index (χ1n) is 5.75. The zero-order chi connectivity index (χ0) is 12.3. The number of carbonyl (C=O) groups is 1. The van der Waals surface area contributed by atoms with Gasteiger partial charge in [0, 0.05) is 18.1 Å². The molecule has 1 amide bonds. The van der Waals surface area contributed by atoms with Crippen molar-refractivity contribution >= 4 is 21.8 Å². The Balaban J connectivity index is 1.82. The Labute approximate surface area is 110 Å². The number of carbonyl (C=O) groups excluding carboxylic acids is 1. The summed E-state index contributed by atoms with van der Waals surface area (Å²) in [6, 6.07) is 7.86. The van der Waals surface area contributed by atoms with Crippen molar-refractivity contribution in [1.29, 1.82) is 0 Å². The molecule has 1 atom stereocenters. The Morgan fingerprint density at radius 2 is 2.35 bits per heavy atom. The summed E-state index contributed by atoms with van der Waals surface area (Å²) in [5.74, 6) is 0.156. The Bertz CT molecular complexity index is 404. The van der Waals surface area contributed by atoms with Crippen LogP contribution in [0.25, 0.3) is 0 Å². The van der Waals surface area contributed by atoms with Gasteiger partial charge in [0.1, 0.15) is 0 Å². The lowest BCUT2D eigenvalue weighted by Gasteiger charge is -2.16. The molecule has 0 radical (unpaired) electrons. The molecule has 1 aromatic carbocycles. The zero-order valence-electron chi connectivity index (χ0n) is 9.86. The number of ether oxygens (including phenoxy) is 1. The van der Waals surface area contributed by atoms with E-state index in [4.69, 9.17) is 4.74 Å². The van der Waals surface area contributed by atoms with Gasteiger partial charge in [0.2, 0.25) is 5.91 Å². The number of hydrogen-bond acceptors (Lipinski definition) is 2. The molecule has 1 fully saturated rings. The summed E-state index contributed by atoms with van der Waals surface area (Å²) in [4.78, 5) is 13.7. The first-order valence-corrected chi connectivity index (χ1v) is 6.54. The largest absolute Gasteiger partial charge is 0.373 e. The molecule has 0 saturated carbocycles. The number of halogens is 1. The summed E-state index contributed by atoms with van der Waals surface area (Å²) < 4.78 is 6.14. The number of benzene rings is 1. The molecule has 3 nitrogen and oxygen atoms in total. The maximum Gasteiger partial charge on any atom is 0.226 e. The first-order chi connectivity index (χ1) is 8.15. The molecule has 0 aromatic heterocycles. The van der Waals surface area contributed by atoms with Gasteiger partial charge < -0.3 is 9.64 Å². The van der Waals surface area contributed by atoms with E-state index in [0.717, 1.165) is 29.6 Å². The highest BCUT2D eigenvalue weighted by atomic mass is 79.9. The van der Waals surface area contributed by atoms with Gasteiger partial charge in [-0.1, -0.05) is 28.1 Å². The van der Waals surface area contributed by atoms with Gasteiger partial charge in [-0.05, 0) is 24.1 Å². The summed E-state index contributed by atoms with van der Waals surface area (Å²) in [6.45, 7) is 1.63. The molecule has 2 rings (SSSR count). The van der Waals surface area contributed by atoms with Gasteiger partial charge in [-0.15, -0.1) is 0 Å². The Hall–Kier alpha value is -0.870. The van der Waals surface area contributed by atoms with Crippen LogP contribution < -0.4 is 0 Å². The molecule has 0 aliphatic carbocycles. The molecule has 1 aliphatic rings. The maximum atomic E-state index is 11.9. The van der Waals surface area contributed by atoms with Crippen molar-refractivity contribution < 1.29 is 9.53 Å². The number of amides is 1. The topological polar surface area (TPSA) is 32.8 Å². The fourth-order valence-electron chi connectivity index (χ4n) is 1.65. The van der Waals surface area contributed by atoms with E-state index in [9.17, 15) is 4.79 Å². The molecule has 1 aromatic rings. The normalized spacial score (nSPS) is 17.9. The average molecular weight is 298 g/mol. The van der Waals surface area contributed by atoms with E-state index in [1.807, 2.05) is 31.3 Å². The molecule has 0 bridgehead atoms. The summed E-state index contributed by atoms with van der Waals surface area (Å²) in [6.07, 6.45) is 1.79. The van der Waals surface area contributed by atoms with Gasteiger partial charge in [-0.2, -0.15) is 0 Å². The smallest absolute Gasteiger partial charge is 0.226 e. The van der Waals surface area contributed by atoms with Crippen LogP contribution in [-0.2, 0) is 16.0 Å². The van der Waals surface area contributed by atoms with Crippen LogP contribution in [-0.4, -0.2) is 37.1 Å². The Morgan fingerprint density at radius 3 is 3.00 bits per heavy atom. The van der Waals surface area contributed by atoms with Crippen LogP contribution in [0.15, 0.2) is 28.7 Å². The standard InChI is InChI=1S/C13H16BrNO2/c1-15(6-5-12-9-17-12)13(16)8-10-3-2-4-11(14)7-10/h2-4,7,12H,5-6,8-9H2,1H3/t12-/m1/s1. The van der Waals surface area contributed by atoms with Gasteiger partial charge in [0.15, 0.2) is 0 Å². The lowest BCUT2D eigenvalue weighted by Crippen LogP contribution is -2.29. The maximum absolute atomic E-state index is 11.9. The Morgan fingerprint density at radius 1 is 1.59 bits per heavy atom. The van der Waals surface area contributed by atoms with Crippen molar-refractivity contribution in [3.63, 3.8) is 0 Å². The van der Waals surface area contributed by atoms with E-state index < -0.39 is 0 Å². The molecule has 0 N–H and O–H groups in total. The van der Waals surface area contributed by atoms with E-state index in [1.165, 1.54) is 0 Å².